The normalized spacial score (nSPS) is 21.5. The standard InChI is InChI=1S/C28H43N5O7/c1-27(2,3)33(14-10-13-20(33)23(30)36)25(38)22(35)18(15-17-11-8-7-9-12-17)31-24(37)19(16-21(29)34)32-26(39)40-28(4,5)6/h7-9,11-12,18-20,22,35H,10,13-16H2,1-6H3,(H5-,29,30,31,32,34,36,37,39)/p+1/t18-,19-,20-,22-,33?/m0/s1. The number of aliphatic hydroxyl groups excluding tert-OH is 1. The highest BCUT2D eigenvalue weighted by atomic mass is 16.6. The van der Waals surface area contributed by atoms with Crippen LogP contribution >= 0.6 is 0 Å². The first-order valence-corrected chi connectivity index (χ1v) is 13.4. The van der Waals surface area contributed by atoms with Crippen LogP contribution in [0.4, 0.5) is 4.79 Å². The highest BCUT2D eigenvalue weighted by Crippen LogP contribution is 2.38. The van der Waals surface area contributed by atoms with Gasteiger partial charge in [-0.05, 0) is 53.5 Å². The predicted octanol–water partition coefficient (Wildman–Crippen LogP) is 0.633. The first kappa shape index (κ1) is 32.7. The lowest BCUT2D eigenvalue weighted by Crippen LogP contribution is -2.72. The Labute approximate surface area is 235 Å². The average Bonchev–Trinajstić information content (AvgIpc) is 3.28. The highest BCUT2D eigenvalue weighted by molar-refractivity contribution is 5.91. The molecular weight excluding hydrogens is 518 g/mol. The quantitative estimate of drug-likeness (QED) is 0.258. The molecule has 5 atom stereocenters. The van der Waals surface area contributed by atoms with Crippen molar-refractivity contribution in [2.24, 2.45) is 11.5 Å². The van der Waals surface area contributed by atoms with Crippen LogP contribution in [0.3, 0.4) is 0 Å². The summed E-state index contributed by atoms with van der Waals surface area (Å²) in [4.78, 5) is 64.1. The van der Waals surface area contributed by atoms with Crippen LogP contribution in [0.1, 0.15) is 66.4 Å². The minimum Gasteiger partial charge on any atom is -0.444 e. The van der Waals surface area contributed by atoms with Gasteiger partial charge in [0.1, 0.15) is 11.6 Å². The fourth-order valence-corrected chi connectivity index (χ4v) is 5.33. The van der Waals surface area contributed by atoms with Crippen LogP contribution in [-0.2, 0) is 30.3 Å². The lowest BCUT2D eigenvalue weighted by Gasteiger charge is -2.47. The van der Waals surface area contributed by atoms with Crippen molar-refractivity contribution in [3.8, 4) is 0 Å². The summed E-state index contributed by atoms with van der Waals surface area (Å²) in [5.41, 5.74) is 10.1. The van der Waals surface area contributed by atoms with Crippen molar-refractivity contribution >= 4 is 29.7 Å². The third kappa shape index (κ3) is 8.01. The van der Waals surface area contributed by atoms with Gasteiger partial charge in [-0.1, -0.05) is 30.3 Å². The molecule has 0 aliphatic carbocycles. The Balaban J connectivity index is 2.44. The zero-order valence-electron chi connectivity index (χ0n) is 24.2. The van der Waals surface area contributed by atoms with Gasteiger partial charge < -0.3 is 31.9 Å². The van der Waals surface area contributed by atoms with Crippen molar-refractivity contribution in [3.63, 3.8) is 0 Å². The number of primary amides is 2. The lowest BCUT2D eigenvalue weighted by molar-refractivity contribution is -0.904. The molecule has 5 amide bonds. The van der Waals surface area contributed by atoms with Crippen LogP contribution in [0.15, 0.2) is 30.3 Å². The summed E-state index contributed by atoms with van der Waals surface area (Å²) < 4.78 is 4.84. The number of nitrogens with zero attached hydrogens (tertiary/aromatic N) is 1. The van der Waals surface area contributed by atoms with Crippen molar-refractivity contribution in [2.75, 3.05) is 6.54 Å². The Kier molecular flexibility index (Phi) is 10.4. The molecule has 1 aliphatic rings. The van der Waals surface area contributed by atoms with E-state index in [1.54, 1.807) is 71.9 Å². The van der Waals surface area contributed by atoms with Gasteiger partial charge in [-0.2, -0.15) is 0 Å². The van der Waals surface area contributed by atoms with Gasteiger partial charge in [-0.25, -0.2) is 14.1 Å². The third-order valence-corrected chi connectivity index (χ3v) is 7.11. The van der Waals surface area contributed by atoms with Crippen molar-refractivity contribution < 1.29 is 38.3 Å². The van der Waals surface area contributed by atoms with Crippen LogP contribution in [0, 0.1) is 0 Å². The molecule has 2 rings (SSSR count). The van der Waals surface area contributed by atoms with Gasteiger partial charge in [0.15, 0.2) is 12.1 Å². The van der Waals surface area contributed by atoms with E-state index in [1.807, 2.05) is 0 Å². The van der Waals surface area contributed by atoms with Crippen LogP contribution in [0.5, 0.6) is 0 Å². The molecule has 0 bridgehead atoms. The summed E-state index contributed by atoms with van der Waals surface area (Å²) >= 11 is 0. The number of nitrogens with one attached hydrogen (secondary N) is 2. The van der Waals surface area contributed by atoms with E-state index < -0.39 is 71.5 Å². The van der Waals surface area contributed by atoms with Crippen LogP contribution in [0.2, 0.25) is 0 Å². The molecule has 1 fully saturated rings. The number of amides is 5. The van der Waals surface area contributed by atoms with Crippen molar-refractivity contribution in [2.45, 2.75) is 103 Å². The van der Waals surface area contributed by atoms with Crippen molar-refractivity contribution in [3.05, 3.63) is 35.9 Å². The summed E-state index contributed by atoms with van der Waals surface area (Å²) in [5, 5.41) is 16.5. The number of hydrogen-bond acceptors (Lipinski definition) is 7. The van der Waals surface area contributed by atoms with Crippen LogP contribution < -0.4 is 22.1 Å². The summed E-state index contributed by atoms with van der Waals surface area (Å²) in [6.07, 6.45) is -2.25. The number of carbonyl (C=O) groups is 5. The van der Waals surface area contributed by atoms with E-state index in [4.69, 9.17) is 16.2 Å². The fourth-order valence-electron chi connectivity index (χ4n) is 5.33. The first-order valence-electron chi connectivity index (χ1n) is 13.4. The lowest BCUT2D eigenvalue weighted by atomic mass is 9.93. The molecule has 1 heterocycles. The second-order valence-electron chi connectivity index (χ2n) is 12.3. The Morgan fingerprint density at radius 2 is 1.62 bits per heavy atom. The van der Waals surface area contributed by atoms with Gasteiger partial charge in [0.05, 0.1) is 24.5 Å². The minimum atomic E-state index is -1.75. The van der Waals surface area contributed by atoms with E-state index in [0.29, 0.717) is 24.9 Å². The molecule has 7 N–H and O–H groups in total. The molecule has 1 unspecified atom stereocenters. The number of carbonyl (C=O) groups excluding carboxylic acids is 5. The fraction of sp³-hybridized carbons (Fsp3) is 0.607. The van der Waals surface area contributed by atoms with Gasteiger partial charge in [0.2, 0.25) is 11.8 Å². The zero-order chi connectivity index (χ0) is 30.5. The molecular formula is C28H44N5O7+. The minimum absolute atomic E-state index is 0.0423. The number of hydrogen-bond donors (Lipinski definition) is 5. The highest BCUT2D eigenvalue weighted by Gasteiger charge is 2.60. The number of alkyl carbamates (subject to hydrolysis) is 1. The number of quaternary nitrogens is 1. The number of aliphatic hydroxyl groups is 1. The van der Waals surface area contributed by atoms with Crippen LogP contribution in [-0.4, -0.2) is 81.2 Å². The number of nitrogens with two attached hydrogens (primary N) is 2. The molecule has 0 saturated carbocycles. The number of benzene rings is 1. The van der Waals surface area contributed by atoms with Gasteiger partial charge in [0.25, 0.3) is 5.91 Å². The monoisotopic (exact) mass is 562 g/mol. The number of likely N-dealkylation sites (tertiary alicyclic amines) is 1. The molecule has 0 radical (unpaired) electrons. The third-order valence-electron chi connectivity index (χ3n) is 7.11. The summed E-state index contributed by atoms with van der Waals surface area (Å²) in [6, 6.07) is 5.44. The first-order chi connectivity index (χ1) is 18.4. The average molecular weight is 563 g/mol. The molecule has 1 aromatic carbocycles. The van der Waals surface area contributed by atoms with Gasteiger partial charge in [-0.3, -0.25) is 14.4 Å². The largest absolute Gasteiger partial charge is 0.444 e. The molecule has 12 heteroatoms. The van der Waals surface area contributed by atoms with E-state index in [0.717, 1.165) is 0 Å². The summed E-state index contributed by atoms with van der Waals surface area (Å²) in [7, 11) is 0. The maximum Gasteiger partial charge on any atom is 0.408 e. The van der Waals surface area contributed by atoms with E-state index in [1.165, 1.54) is 0 Å². The van der Waals surface area contributed by atoms with Gasteiger partial charge in [-0.15, -0.1) is 0 Å². The molecule has 1 aromatic rings. The molecule has 0 spiro atoms. The topological polar surface area (TPSA) is 191 Å². The van der Waals surface area contributed by atoms with E-state index in [9.17, 15) is 29.1 Å². The van der Waals surface area contributed by atoms with Crippen molar-refractivity contribution in [1.29, 1.82) is 0 Å². The second-order valence-corrected chi connectivity index (χ2v) is 12.3. The Hall–Kier alpha value is -3.51. The molecule has 222 valence electrons. The number of ether oxygens (including phenoxy) is 1. The van der Waals surface area contributed by atoms with Crippen LogP contribution in [0.25, 0.3) is 0 Å². The molecule has 0 aromatic heterocycles. The maximum atomic E-state index is 14.1. The van der Waals surface area contributed by atoms with E-state index in [-0.39, 0.29) is 10.9 Å². The summed E-state index contributed by atoms with van der Waals surface area (Å²) in [6.45, 7) is 10.6. The second kappa shape index (κ2) is 12.8. The summed E-state index contributed by atoms with van der Waals surface area (Å²) in [5.74, 6) is -2.99. The zero-order valence-corrected chi connectivity index (χ0v) is 24.2. The van der Waals surface area contributed by atoms with Gasteiger partial charge in [0, 0.05) is 12.8 Å². The Morgan fingerprint density at radius 1 is 1.02 bits per heavy atom. The Bertz CT molecular complexity index is 1100. The molecule has 1 aliphatic heterocycles. The van der Waals surface area contributed by atoms with E-state index in [2.05, 4.69) is 10.6 Å². The molecule has 1 saturated heterocycles. The number of rotatable bonds is 10. The van der Waals surface area contributed by atoms with Gasteiger partial charge >= 0.3 is 12.0 Å². The van der Waals surface area contributed by atoms with E-state index >= 15 is 0 Å². The van der Waals surface area contributed by atoms with Crippen molar-refractivity contribution in [1.82, 2.24) is 10.6 Å². The smallest absolute Gasteiger partial charge is 0.408 e. The maximum absolute atomic E-state index is 14.1. The SMILES string of the molecule is CC(C)(C)OC(=O)N[C@@H](CC(N)=O)C(=O)N[C@@H](Cc1ccccc1)[C@H](O)C(=O)[N+]1(C(C)(C)C)CCC[C@H]1C(N)=O. The molecule has 12 nitrogen and oxygen atoms in total. The predicted molar refractivity (Wildman–Crippen MR) is 147 cm³/mol. The Morgan fingerprint density at radius 3 is 2.12 bits per heavy atom. The molecule has 40 heavy (non-hydrogen) atoms.